The first-order valence-corrected chi connectivity index (χ1v) is 17.3. The highest BCUT2D eigenvalue weighted by Gasteiger charge is 2.23. The number of hydrogen-bond donors (Lipinski definition) is 0. The third-order valence-electron chi connectivity index (χ3n) is 9.89. The van der Waals surface area contributed by atoms with Crippen LogP contribution < -0.4 is 4.90 Å². The van der Waals surface area contributed by atoms with Crippen LogP contribution >= 0.6 is 0 Å². The number of nitrogens with zero attached hydrogens (tertiary/aromatic N) is 1. The molecule has 0 aliphatic rings. The number of fused-ring (bicyclic) bond motifs is 6. The van der Waals surface area contributed by atoms with Crippen LogP contribution in [0.2, 0.25) is 0 Å². The Balaban J connectivity index is 1.22. The Morgan fingerprint density at radius 1 is 0.333 bits per heavy atom. The predicted molar refractivity (Wildman–Crippen MR) is 212 cm³/mol. The number of furan rings is 2. The maximum atomic E-state index is 6.75. The molecule has 51 heavy (non-hydrogen) atoms. The van der Waals surface area contributed by atoms with E-state index in [9.17, 15) is 0 Å². The van der Waals surface area contributed by atoms with Gasteiger partial charge in [-0.2, -0.15) is 0 Å². The fourth-order valence-corrected chi connectivity index (χ4v) is 7.47. The summed E-state index contributed by atoms with van der Waals surface area (Å²) in [6, 6.07) is 66.0. The molecule has 0 radical (unpaired) electrons. The summed E-state index contributed by atoms with van der Waals surface area (Å²) in [5.74, 6) is 0. The highest BCUT2D eigenvalue weighted by Crippen LogP contribution is 2.47. The van der Waals surface area contributed by atoms with Crippen molar-refractivity contribution in [3.63, 3.8) is 0 Å². The van der Waals surface area contributed by atoms with Gasteiger partial charge in [0.05, 0.1) is 11.1 Å². The monoisotopic (exact) mass is 653 g/mol. The van der Waals surface area contributed by atoms with Crippen molar-refractivity contribution in [1.82, 2.24) is 0 Å². The summed E-state index contributed by atoms with van der Waals surface area (Å²) in [7, 11) is 0. The molecule has 0 N–H and O–H groups in total. The van der Waals surface area contributed by atoms with Gasteiger partial charge in [-0.15, -0.1) is 0 Å². The Morgan fingerprint density at radius 3 is 1.63 bits per heavy atom. The molecule has 8 aromatic carbocycles. The van der Waals surface area contributed by atoms with Gasteiger partial charge in [-0.05, 0) is 64.7 Å². The first kappa shape index (κ1) is 29.1. The van der Waals surface area contributed by atoms with Gasteiger partial charge < -0.3 is 13.7 Å². The lowest BCUT2D eigenvalue weighted by atomic mass is 9.99. The highest BCUT2D eigenvalue weighted by atomic mass is 16.3. The summed E-state index contributed by atoms with van der Waals surface area (Å²) in [5.41, 5.74) is 13.3. The van der Waals surface area contributed by atoms with Crippen LogP contribution in [-0.4, -0.2) is 0 Å². The summed E-state index contributed by atoms with van der Waals surface area (Å²) < 4.78 is 13.4. The average Bonchev–Trinajstić information content (AvgIpc) is 3.78. The quantitative estimate of drug-likeness (QED) is 0.179. The largest absolute Gasteiger partial charge is 0.455 e. The van der Waals surface area contributed by atoms with Crippen molar-refractivity contribution in [2.24, 2.45) is 0 Å². The predicted octanol–water partition coefficient (Wildman–Crippen LogP) is 14.0. The molecule has 10 rings (SSSR count). The average molecular weight is 654 g/mol. The van der Waals surface area contributed by atoms with Crippen molar-refractivity contribution in [3.05, 3.63) is 188 Å². The highest BCUT2D eigenvalue weighted by molar-refractivity contribution is 6.17. The van der Waals surface area contributed by atoms with Gasteiger partial charge in [-0.3, -0.25) is 0 Å². The summed E-state index contributed by atoms with van der Waals surface area (Å²) in [4.78, 5) is 2.33. The van der Waals surface area contributed by atoms with Crippen LogP contribution in [0.4, 0.5) is 17.1 Å². The number of hydrogen-bond acceptors (Lipinski definition) is 3. The van der Waals surface area contributed by atoms with Crippen LogP contribution in [0.1, 0.15) is 0 Å². The smallest absolute Gasteiger partial charge is 0.145 e. The Hall–Kier alpha value is -6.84. The van der Waals surface area contributed by atoms with Crippen molar-refractivity contribution < 1.29 is 8.83 Å². The standard InChI is InChI=1S/C48H31NO2/c1-4-13-32(14-5-1)33-23-25-36(26-24-33)49(37-27-28-40-41-21-12-20-38(34-15-6-2-7-16-34)47(41)51-45(40)31-37)43-30-29-39(35-17-8-3-9-18-35)48-46(43)42-19-10-11-22-44(42)50-48/h1-31H. The molecule has 2 heterocycles. The maximum absolute atomic E-state index is 6.75. The SMILES string of the molecule is c1ccc(-c2ccc(N(c3ccc4c(c3)oc3c(-c5ccccc5)cccc34)c3ccc(-c4ccccc4)c4oc5ccccc5c34)cc2)cc1. The molecular formula is C48H31NO2. The molecule has 0 fully saturated rings. The molecule has 0 spiro atoms. The zero-order valence-corrected chi connectivity index (χ0v) is 27.7. The molecule has 0 saturated carbocycles. The Bertz CT molecular complexity index is 2830. The second-order valence-corrected chi connectivity index (χ2v) is 12.9. The van der Waals surface area contributed by atoms with E-state index in [1.165, 1.54) is 11.1 Å². The van der Waals surface area contributed by atoms with Crippen molar-refractivity contribution >= 4 is 60.9 Å². The fourth-order valence-electron chi connectivity index (χ4n) is 7.47. The lowest BCUT2D eigenvalue weighted by molar-refractivity contribution is 0.670. The minimum Gasteiger partial charge on any atom is -0.455 e. The summed E-state index contributed by atoms with van der Waals surface area (Å²) in [5, 5.41) is 4.33. The van der Waals surface area contributed by atoms with Gasteiger partial charge in [0.25, 0.3) is 0 Å². The lowest BCUT2D eigenvalue weighted by Gasteiger charge is -2.27. The van der Waals surface area contributed by atoms with Gasteiger partial charge in [-0.1, -0.05) is 140 Å². The van der Waals surface area contributed by atoms with E-state index >= 15 is 0 Å². The van der Waals surface area contributed by atoms with Crippen molar-refractivity contribution in [2.45, 2.75) is 0 Å². The second-order valence-electron chi connectivity index (χ2n) is 12.9. The topological polar surface area (TPSA) is 29.5 Å². The van der Waals surface area contributed by atoms with Crippen LogP contribution in [0.15, 0.2) is 197 Å². The van der Waals surface area contributed by atoms with Gasteiger partial charge in [0.2, 0.25) is 0 Å². The molecule has 2 aromatic heterocycles. The normalized spacial score (nSPS) is 11.5. The van der Waals surface area contributed by atoms with E-state index in [2.05, 4.69) is 175 Å². The molecular weight excluding hydrogens is 623 g/mol. The van der Waals surface area contributed by atoms with Gasteiger partial charge in [0, 0.05) is 44.7 Å². The first-order chi connectivity index (χ1) is 25.3. The molecule has 0 aliphatic carbocycles. The van der Waals surface area contributed by atoms with Crippen molar-refractivity contribution in [1.29, 1.82) is 0 Å². The lowest BCUT2D eigenvalue weighted by Crippen LogP contribution is -2.10. The Labute approximate surface area is 295 Å². The van der Waals surface area contributed by atoms with Crippen LogP contribution in [0, 0.1) is 0 Å². The van der Waals surface area contributed by atoms with Gasteiger partial charge in [0.15, 0.2) is 0 Å². The molecule has 3 nitrogen and oxygen atoms in total. The third-order valence-corrected chi connectivity index (χ3v) is 9.89. The summed E-state index contributed by atoms with van der Waals surface area (Å²) in [6.07, 6.45) is 0. The number of para-hydroxylation sites is 2. The number of anilines is 3. The third kappa shape index (κ3) is 4.90. The molecule has 240 valence electrons. The van der Waals surface area contributed by atoms with E-state index in [4.69, 9.17) is 8.83 Å². The molecule has 0 saturated heterocycles. The molecule has 0 amide bonds. The first-order valence-electron chi connectivity index (χ1n) is 17.3. The Morgan fingerprint density at radius 2 is 0.902 bits per heavy atom. The molecule has 10 aromatic rings. The summed E-state index contributed by atoms with van der Waals surface area (Å²) >= 11 is 0. The van der Waals surface area contributed by atoms with Crippen LogP contribution in [0.3, 0.4) is 0 Å². The van der Waals surface area contributed by atoms with Gasteiger partial charge in [-0.25, -0.2) is 0 Å². The van der Waals surface area contributed by atoms with E-state index in [-0.39, 0.29) is 0 Å². The molecule has 0 atom stereocenters. The summed E-state index contributed by atoms with van der Waals surface area (Å²) in [6.45, 7) is 0. The van der Waals surface area contributed by atoms with Crippen LogP contribution in [0.25, 0.3) is 77.3 Å². The van der Waals surface area contributed by atoms with Gasteiger partial charge >= 0.3 is 0 Å². The van der Waals surface area contributed by atoms with Crippen LogP contribution in [-0.2, 0) is 0 Å². The van der Waals surface area contributed by atoms with E-state index in [0.29, 0.717) is 0 Å². The van der Waals surface area contributed by atoms with Crippen molar-refractivity contribution in [2.75, 3.05) is 4.90 Å². The molecule has 3 heteroatoms. The fraction of sp³-hybridized carbons (Fsp3) is 0. The van der Waals surface area contributed by atoms with Gasteiger partial charge in [0.1, 0.15) is 22.3 Å². The molecule has 0 unspecified atom stereocenters. The van der Waals surface area contributed by atoms with E-state index in [0.717, 1.165) is 83.2 Å². The molecule has 0 aliphatic heterocycles. The van der Waals surface area contributed by atoms with E-state index in [1.54, 1.807) is 0 Å². The second kappa shape index (κ2) is 11.9. The number of rotatable bonds is 6. The minimum atomic E-state index is 0.839. The molecule has 0 bridgehead atoms. The van der Waals surface area contributed by atoms with Crippen LogP contribution in [0.5, 0.6) is 0 Å². The van der Waals surface area contributed by atoms with E-state index < -0.39 is 0 Å². The zero-order valence-electron chi connectivity index (χ0n) is 27.7. The van der Waals surface area contributed by atoms with E-state index in [1.807, 2.05) is 18.2 Å². The minimum absolute atomic E-state index is 0.839. The number of benzene rings is 8. The maximum Gasteiger partial charge on any atom is 0.145 e. The van der Waals surface area contributed by atoms with Crippen molar-refractivity contribution in [3.8, 4) is 33.4 Å². The zero-order chi connectivity index (χ0) is 33.7. The Kier molecular flexibility index (Phi) is 6.81.